The molecule has 0 radical (unpaired) electrons. The maximum Gasteiger partial charge on any atom is 0.153 e. The maximum absolute atomic E-state index is 6.00. The molecule has 100 valence electrons. The summed E-state index contributed by atoms with van der Waals surface area (Å²) >= 11 is 0. The molecule has 5 aliphatic rings. The Hall–Kier alpha value is -0.240. The van der Waals surface area contributed by atoms with Crippen molar-refractivity contribution in [3.63, 3.8) is 0 Å². The normalized spacial score (nSPS) is 62.3. The molecule has 18 heavy (non-hydrogen) atoms. The second kappa shape index (κ2) is 2.92. The third kappa shape index (κ3) is 0.961. The van der Waals surface area contributed by atoms with Crippen LogP contribution in [-0.2, 0) is 18.9 Å². The van der Waals surface area contributed by atoms with E-state index in [2.05, 4.69) is 23.6 Å². The molecule has 0 aromatic carbocycles. The van der Waals surface area contributed by atoms with Crippen molar-refractivity contribution in [2.45, 2.75) is 49.8 Å². The highest BCUT2D eigenvalue weighted by atomic mass is 16.6. The zero-order chi connectivity index (χ0) is 12.1. The summed E-state index contributed by atoms with van der Waals surface area (Å²) in [6.45, 7) is 7.25. The smallest absolute Gasteiger partial charge is 0.153 e. The molecule has 0 aromatic rings. The Morgan fingerprint density at radius 1 is 0.667 bits per heavy atom. The molecule has 5 heterocycles. The first-order valence-corrected chi connectivity index (χ1v) is 6.66. The highest BCUT2D eigenvalue weighted by Crippen LogP contribution is 2.50. The van der Waals surface area contributed by atoms with Gasteiger partial charge < -0.3 is 18.9 Å². The average molecular weight is 254 g/mol. The predicted octanol–water partition coefficient (Wildman–Crippen LogP) is -0.453. The van der Waals surface area contributed by atoms with Crippen LogP contribution in [-0.4, -0.2) is 72.2 Å². The van der Waals surface area contributed by atoms with E-state index >= 15 is 0 Å². The Kier molecular flexibility index (Phi) is 1.71. The fraction of sp³-hybridized carbons (Fsp3) is 1.00. The minimum atomic E-state index is -0.0181. The van der Waals surface area contributed by atoms with Gasteiger partial charge in [-0.1, -0.05) is 0 Å². The lowest BCUT2D eigenvalue weighted by Gasteiger charge is -2.46. The minimum absolute atomic E-state index is 0.0118. The zero-order valence-corrected chi connectivity index (χ0v) is 10.7. The lowest BCUT2D eigenvalue weighted by molar-refractivity contribution is -0.252. The van der Waals surface area contributed by atoms with Crippen LogP contribution in [0.5, 0.6) is 0 Å². The summed E-state index contributed by atoms with van der Waals surface area (Å²) in [5.74, 6) is 0. The SMILES string of the molecule is CC12CO[C@@H]3[C@H]4OCC5(C)CO[C@@H]([C@H](OC1)N32)N45. The van der Waals surface area contributed by atoms with Crippen LogP contribution >= 0.6 is 0 Å². The molecule has 0 aliphatic carbocycles. The van der Waals surface area contributed by atoms with Gasteiger partial charge in [0, 0.05) is 0 Å². The average Bonchev–Trinajstić information content (AvgIpc) is 3.01. The lowest BCUT2D eigenvalue weighted by Crippen LogP contribution is -2.67. The molecular formula is C12H18N2O4. The Labute approximate surface area is 106 Å². The van der Waals surface area contributed by atoms with Crippen molar-refractivity contribution in [2.75, 3.05) is 26.4 Å². The van der Waals surface area contributed by atoms with Crippen LogP contribution in [0.1, 0.15) is 13.8 Å². The molecule has 5 fully saturated rings. The van der Waals surface area contributed by atoms with Gasteiger partial charge in [-0.15, -0.1) is 0 Å². The van der Waals surface area contributed by atoms with Gasteiger partial charge in [0.05, 0.1) is 37.5 Å². The first-order chi connectivity index (χ1) is 8.62. The fourth-order valence-electron chi connectivity index (χ4n) is 4.16. The van der Waals surface area contributed by atoms with Gasteiger partial charge in [-0.05, 0) is 13.8 Å². The molecule has 6 atom stereocenters. The van der Waals surface area contributed by atoms with Crippen LogP contribution in [0, 0.1) is 0 Å². The second-order valence-corrected chi connectivity index (χ2v) is 6.61. The third-order valence-electron chi connectivity index (χ3n) is 5.09. The summed E-state index contributed by atoms with van der Waals surface area (Å²) in [5.41, 5.74) is -0.0363. The van der Waals surface area contributed by atoms with E-state index < -0.39 is 0 Å². The molecule has 0 amide bonds. The molecule has 2 unspecified atom stereocenters. The van der Waals surface area contributed by atoms with E-state index in [0.29, 0.717) is 26.4 Å². The predicted molar refractivity (Wildman–Crippen MR) is 59.4 cm³/mol. The van der Waals surface area contributed by atoms with Gasteiger partial charge in [0.25, 0.3) is 0 Å². The van der Waals surface area contributed by atoms with Gasteiger partial charge in [-0.3, -0.25) is 0 Å². The van der Waals surface area contributed by atoms with Crippen LogP contribution in [0.4, 0.5) is 0 Å². The Bertz CT molecular complexity index is 351. The summed E-state index contributed by atoms with van der Waals surface area (Å²) < 4.78 is 24.0. The van der Waals surface area contributed by atoms with E-state index in [1.54, 1.807) is 0 Å². The quantitative estimate of drug-likeness (QED) is 0.583. The summed E-state index contributed by atoms with van der Waals surface area (Å²) in [7, 11) is 0. The van der Waals surface area contributed by atoms with Crippen LogP contribution in [0.2, 0.25) is 0 Å². The molecule has 5 aliphatic heterocycles. The molecule has 0 bridgehead atoms. The van der Waals surface area contributed by atoms with E-state index in [4.69, 9.17) is 18.9 Å². The first kappa shape index (κ1) is 10.5. The highest BCUT2D eigenvalue weighted by molar-refractivity contribution is 5.12. The molecule has 0 saturated carbocycles. The maximum atomic E-state index is 6.00. The van der Waals surface area contributed by atoms with Gasteiger partial charge >= 0.3 is 0 Å². The lowest BCUT2D eigenvalue weighted by atomic mass is 10.0. The summed E-state index contributed by atoms with van der Waals surface area (Å²) in [4.78, 5) is 4.66. The second-order valence-electron chi connectivity index (χ2n) is 6.61. The number of fused-ring (bicyclic) bond motifs is 2. The number of piperazine rings is 1. The number of nitrogens with zero attached hydrogens (tertiary/aromatic N) is 2. The standard InChI is InChI=1S/C12H18N2O4/c1-11-3-15-7-9-14-10(8(13(7)11)16-4-11)18-6-12(14,2)5-17-9/h7-10H,3-6H2,1-2H3/t7-,8+,9-,10+,11?,12?. The Morgan fingerprint density at radius 3 is 1.22 bits per heavy atom. The highest BCUT2D eigenvalue weighted by Gasteiger charge is 2.69. The van der Waals surface area contributed by atoms with Crippen molar-refractivity contribution < 1.29 is 18.9 Å². The third-order valence-corrected chi connectivity index (χ3v) is 5.09. The zero-order valence-electron chi connectivity index (χ0n) is 10.7. The summed E-state index contributed by atoms with van der Waals surface area (Å²) in [6.07, 6.45) is -0.0471. The van der Waals surface area contributed by atoms with Crippen molar-refractivity contribution in [1.29, 1.82) is 0 Å². The molecule has 0 N–H and O–H groups in total. The number of hydrogen-bond donors (Lipinski definition) is 0. The van der Waals surface area contributed by atoms with Crippen molar-refractivity contribution in [1.82, 2.24) is 9.80 Å². The Balaban J connectivity index is 1.63. The topological polar surface area (TPSA) is 43.4 Å². The summed E-state index contributed by atoms with van der Waals surface area (Å²) in [6, 6.07) is 0. The number of ether oxygens (including phenoxy) is 4. The van der Waals surface area contributed by atoms with E-state index in [9.17, 15) is 0 Å². The van der Waals surface area contributed by atoms with E-state index in [-0.39, 0.29) is 36.0 Å². The van der Waals surface area contributed by atoms with E-state index in [0.717, 1.165) is 0 Å². The van der Waals surface area contributed by atoms with Crippen molar-refractivity contribution >= 4 is 0 Å². The largest absolute Gasteiger partial charge is 0.357 e. The van der Waals surface area contributed by atoms with Crippen molar-refractivity contribution in [3.8, 4) is 0 Å². The van der Waals surface area contributed by atoms with Crippen molar-refractivity contribution in [3.05, 3.63) is 0 Å². The van der Waals surface area contributed by atoms with Crippen LogP contribution in [0.3, 0.4) is 0 Å². The van der Waals surface area contributed by atoms with Gasteiger partial charge in [0.15, 0.2) is 24.9 Å². The first-order valence-electron chi connectivity index (χ1n) is 6.66. The molecule has 0 aromatic heterocycles. The molecule has 0 spiro atoms. The molecule has 6 heteroatoms. The molecule has 5 rings (SSSR count). The van der Waals surface area contributed by atoms with Gasteiger partial charge in [0.2, 0.25) is 0 Å². The van der Waals surface area contributed by atoms with E-state index in [1.807, 2.05) is 0 Å². The monoisotopic (exact) mass is 254 g/mol. The number of rotatable bonds is 0. The van der Waals surface area contributed by atoms with Gasteiger partial charge in [-0.25, -0.2) is 9.80 Å². The molecule has 6 nitrogen and oxygen atoms in total. The number of hydrogen-bond acceptors (Lipinski definition) is 6. The summed E-state index contributed by atoms with van der Waals surface area (Å²) in [5, 5.41) is 0. The van der Waals surface area contributed by atoms with Gasteiger partial charge in [0.1, 0.15) is 0 Å². The van der Waals surface area contributed by atoms with Gasteiger partial charge in [-0.2, -0.15) is 0 Å². The Morgan fingerprint density at radius 2 is 0.944 bits per heavy atom. The molecule has 5 saturated heterocycles. The fourth-order valence-corrected chi connectivity index (χ4v) is 4.16. The van der Waals surface area contributed by atoms with E-state index in [1.165, 1.54) is 0 Å². The molecular weight excluding hydrogens is 236 g/mol. The van der Waals surface area contributed by atoms with Crippen LogP contribution < -0.4 is 0 Å². The van der Waals surface area contributed by atoms with Crippen molar-refractivity contribution in [2.24, 2.45) is 0 Å². The van der Waals surface area contributed by atoms with Crippen LogP contribution in [0.25, 0.3) is 0 Å². The minimum Gasteiger partial charge on any atom is -0.357 e. The van der Waals surface area contributed by atoms with Crippen LogP contribution in [0.15, 0.2) is 0 Å².